The monoisotopic (exact) mass is 235 g/mol. The molecule has 3 atom stereocenters. The zero-order valence-corrected chi connectivity index (χ0v) is 9.69. The minimum atomic E-state index is -3.99. The van der Waals surface area contributed by atoms with Crippen LogP contribution in [0.5, 0.6) is 0 Å². The van der Waals surface area contributed by atoms with Crippen LogP contribution in [-0.4, -0.2) is 19.3 Å². The molecule has 0 aromatic heterocycles. The second kappa shape index (κ2) is 4.55. The number of nitrogens with one attached hydrogen (secondary N) is 1. The van der Waals surface area contributed by atoms with Gasteiger partial charge in [-0.3, -0.25) is 0 Å². The molecule has 0 amide bonds. The van der Waals surface area contributed by atoms with Crippen LogP contribution < -0.4 is 5.32 Å². The van der Waals surface area contributed by atoms with Gasteiger partial charge in [-0.2, -0.15) is 13.2 Å². The molecule has 2 aliphatic carbocycles. The normalized spacial score (nSPS) is 34.9. The Bertz CT molecular complexity index is 229. The lowest BCUT2D eigenvalue weighted by Gasteiger charge is -2.18. The van der Waals surface area contributed by atoms with Crippen molar-refractivity contribution in [3.63, 3.8) is 0 Å². The van der Waals surface area contributed by atoms with E-state index in [4.69, 9.17) is 0 Å². The minimum absolute atomic E-state index is 0.269. The van der Waals surface area contributed by atoms with Gasteiger partial charge in [0.2, 0.25) is 0 Å². The van der Waals surface area contributed by atoms with Crippen LogP contribution in [0, 0.1) is 17.8 Å². The third-order valence-corrected chi connectivity index (χ3v) is 4.28. The summed E-state index contributed by atoms with van der Waals surface area (Å²) in [5.41, 5.74) is 0. The molecule has 0 aromatic carbocycles. The maximum absolute atomic E-state index is 12.0. The van der Waals surface area contributed by atoms with Crippen molar-refractivity contribution in [1.29, 1.82) is 0 Å². The smallest absolute Gasteiger partial charge is 0.317 e. The predicted molar refractivity (Wildman–Crippen MR) is 57.1 cm³/mol. The van der Waals surface area contributed by atoms with Crippen LogP contribution in [0.15, 0.2) is 0 Å². The van der Waals surface area contributed by atoms with E-state index >= 15 is 0 Å². The Kier molecular flexibility index (Phi) is 3.48. The Morgan fingerprint density at radius 2 is 1.88 bits per heavy atom. The topological polar surface area (TPSA) is 12.0 Å². The van der Waals surface area contributed by atoms with Gasteiger partial charge >= 0.3 is 6.18 Å². The van der Waals surface area contributed by atoms with Crippen molar-refractivity contribution >= 4 is 0 Å². The fourth-order valence-corrected chi connectivity index (χ4v) is 3.53. The van der Waals surface area contributed by atoms with Gasteiger partial charge in [-0.05, 0) is 50.5 Å². The first-order valence-corrected chi connectivity index (χ1v) is 6.27. The van der Waals surface area contributed by atoms with Gasteiger partial charge in [0.1, 0.15) is 0 Å². The van der Waals surface area contributed by atoms with E-state index in [2.05, 4.69) is 5.32 Å². The highest BCUT2D eigenvalue weighted by atomic mass is 19.4. The van der Waals surface area contributed by atoms with Gasteiger partial charge in [-0.1, -0.05) is 6.42 Å². The number of rotatable bonds is 5. The van der Waals surface area contributed by atoms with Crippen LogP contribution in [0.1, 0.15) is 38.5 Å². The fraction of sp³-hybridized carbons (Fsp3) is 1.00. The van der Waals surface area contributed by atoms with Crippen molar-refractivity contribution in [3.8, 4) is 0 Å². The summed E-state index contributed by atoms with van der Waals surface area (Å²) >= 11 is 0. The molecule has 3 unspecified atom stereocenters. The van der Waals surface area contributed by atoms with Crippen molar-refractivity contribution < 1.29 is 13.2 Å². The van der Waals surface area contributed by atoms with Gasteiger partial charge in [-0.15, -0.1) is 0 Å². The highest BCUT2D eigenvalue weighted by molar-refractivity contribution is 5.05. The Morgan fingerprint density at radius 1 is 1.25 bits per heavy atom. The lowest BCUT2D eigenvalue weighted by molar-refractivity contribution is -0.135. The van der Waals surface area contributed by atoms with Crippen molar-refractivity contribution in [2.24, 2.45) is 17.8 Å². The van der Waals surface area contributed by atoms with E-state index in [9.17, 15) is 13.2 Å². The third-order valence-electron chi connectivity index (χ3n) is 4.28. The molecule has 0 spiro atoms. The van der Waals surface area contributed by atoms with Crippen LogP contribution in [0.2, 0.25) is 0 Å². The van der Waals surface area contributed by atoms with Crippen molar-refractivity contribution in [3.05, 3.63) is 0 Å². The first kappa shape index (κ1) is 12.2. The average Bonchev–Trinajstić information content (AvgIpc) is 2.68. The number of fused-ring (bicyclic) bond motifs is 1. The van der Waals surface area contributed by atoms with Gasteiger partial charge in [0.25, 0.3) is 0 Å². The van der Waals surface area contributed by atoms with Crippen LogP contribution in [0.4, 0.5) is 13.2 Å². The second-order valence-corrected chi connectivity index (χ2v) is 5.24. The Balaban J connectivity index is 1.71. The quantitative estimate of drug-likeness (QED) is 0.770. The Labute approximate surface area is 94.8 Å². The van der Waals surface area contributed by atoms with Gasteiger partial charge in [0, 0.05) is 12.5 Å². The summed E-state index contributed by atoms with van der Waals surface area (Å²) in [7, 11) is 1.88. The summed E-state index contributed by atoms with van der Waals surface area (Å²) in [5, 5.41) is 3.21. The maximum Gasteiger partial charge on any atom is 0.389 e. The number of halogens is 3. The lowest BCUT2D eigenvalue weighted by Crippen LogP contribution is -2.29. The summed E-state index contributed by atoms with van der Waals surface area (Å²) in [6.45, 7) is 0. The Hall–Kier alpha value is -0.250. The van der Waals surface area contributed by atoms with E-state index in [0.29, 0.717) is 18.4 Å². The highest BCUT2D eigenvalue weighted by Gasteiger charge is 2.55. The summed E-state index contributed by atoms with van der Waals surface area (Å²) in [6.07, 6.45) is 0.244. The molecule has 0 heterocycles. The van der Waals surface area contributed by atoms with Crippen molar-refractivity contribution in [2.45, 2.75) is 50.7 Å². The summed E-state index contributed by atoms with van der Waals surface area (Å²) in [6, 6.07) is 0.317. The molecule has 4 heteroatoms. The molecular formula is C12H20F3N. The molecule has 0 radical (unpaired) electrons. The van der Waals surface area contributed by atoms with E-state index in [1.165, 1.54) is 19.3 Å². The molecule has 2 aliphatic rings. The van der Waals surface area contributed by atoms with E-state index in [1.807, 2.05) is 7.05 Å². The molecule has 0 aliphatic heterocycles. The van der Waals surface area contributed by atoms with Crippen LogP contribution in [-0.2, 0) is 0 Å². The molecule has 2 rings (SSSR count). The van der Waals surface area contributed by atoms with E-state index in [-0.39, 0.29) is 6.42 Å². The summed E-state index contributed by atoms with van der Waals surface area (Å²) in [5.74, 6) is 2.32. The molecule has 1 nitrogen and oxygen atoms in total. The zero-order valence-electron chi connectivity index (χ0n) is 9.69. The largest absolute Gasteiger partial charge is 0.389 e. The molecule has 0 bridgehead atoms. The third kappa shape index (κ3) is 2.70. The molecule has 2 saturated carbocycles. The summed E-state index contributed by atoms with van der Waals surface area (Å²) < 4.78 is 36.1. The predicted octanol–water partition coefficient (Wildman–Crippen LogP) is 3.35. The molecule has 0 saturated heterocycles. The summed E-state index contributed by atoms with van der Waals surface area (Å²) in [4.78, 5) is 0. The maximum atomic E-state index is 12.0. The lowest BCUT2D eigenvalue weighted by atomic mass is 9.99. The molecule has 16 heavy (non-hydrogen) atoms. The minimum Gasteiger partial charge on any atom is -0.317 e. The molecule has 0 aromatic rings. The number of alkyl halides is 3. The SMILES string of the molecule is CNC(CCCC(F)(F)F)C1C2CCCC21. The van der Waals surface area contributed by atoms with Gasteiger partial charge < -0.3 is 5.32 Å². The highest BCUT2D eigenvalue weighted by Crippen LogP contribution is 2.59. The van der Waals surface area contributed by atoms with E-state index in [1.54, 1.807) is 0 Å². The van der Waals surface area contributed by atoms with Crippen molar-refractivity contribution in [1.82, 2.24) is 5.32 Å². The van der Waals surface area contributed by atoms with E-state index < -0.39 is 12.6 Å². The first-order chi connectivity index (χ1) is 7.53. The molecule has 94 valence electrons. The number of hydrogen-bond donors (Lipinski definition) is 1. The number of hydrogen-bond acceptors (Lipinski definition) is 1. The van der Waals surface area contributed by atoms with Crippen molar-refractivity contribution in [2.75, 3.05) is 7.05 Å². The first-order valence-electron chi connectivity index (χ1n) is 6.27. The molecule has 1 N–H and O–H groups in total. The second-order valence-electron chi connectivity index (χ2n) is 5.24. The van der Waals surface area contributed by atoms with Gasteiger partial charge in [0.05, 0.1) is 0 Å². The van der Waals surface area contributed by atoms with Crippen LogP contribution in [0.3, 0.4) is 0 Å². The van der Waals surface area contributed by atoms with Crippen LogP contribution in [0.25, 0.3) is 0 Å². The van der Waals surface area contributed by atoms with Gasteiger partial charge in [-0.25, -0.2) is 0 Å². The Morgan fingerprint density at radius 3 is 2.38 bits per heavy atom. The van der Waals surface area contributed by atoms with Gasteiger partial charge in [0.15, 0.2) is 0 Å². The average molecular weight is 235 g/mol. The standard InChI is InChI=1S/C12H20F3N/c1-16-10(6-3-7-12(13,14)15)11-8-4-2-5-9(8)11/h8-11,16H,2-7H2,1H3. The fourth-order valence-electron chi connectivity index (χ4n) is 3.53. The van der Waals surface area contributed by atoms with Crippen LogP contribution >= 0.6 is 0 Å². The molecular weight excluding hydrogens is 215 g/mol. The zero-order chi connectivity index (χ0) is 11.8. The molecule has 2 fully saturated rings. The van der Waals surface area contributed by atoms with E-state index in [0.717, 1.165) is 11.8 Å².